The van der Waals surface area contributed by atoms with Crippen LogP contribution in [-0.4, -0.2) is 38.8 Å². The average molecular weight is 242 g/mol. The van der Waals surface area contributed by atoms with E-state index in [1.807, 2.05) is 7.05 Å². The Labute approximate surface area is 104 Å². The number of hydrogen-bond donors (Lipinski definition) is 2. The standard InChI is InChI=1S/C13H26N2O2/c1-14-9-8-13(16)15-10-11-17-12-6-4-2-3-5-7-12/h12,14H,2-11H2,1H3,(H,15,16). The normalized spacial score (nSPS) is 17.7. The molecule has 0 aromatic carbocycles. The van der Waals surface area contributed by atoms with E-state index in [-0.39, 0.29) is 5.91 Å². The van der Waals surface area contributed by atoms with Gasteiger partial charge < -0.3 is 15.4 Å². The molecule has 4 nitrogen and oxygen atoms in total. The first-order chi connectivity index (χ1) is 8.33. The fourth-order valence-corrected chi connectivity index (χ4v) is 2.15. The van der Waals surface area contributed by atoms with Crippen molar-refractivity contribution in [3.8, 4) is 0 Å². The Hall–Kier alpha value is -0.610. The molecule has 100 valence electrons. The summed E-state index contributed by atoms with van der Waals surface area (Å²) in [5.41, 5.74) is 0. The second-order valence-corrected chi connectivity index (χ2v) is 4.69. The van der Waals surface area contributed by atoms with Gasteiger partial charge in [-0.25, -0.2) is 0 Å². The van der Waals surface area contributed by atoms with Crippen LogP contribution < -0.4 is 10.6 Å². The molecule has 1 aliphatic carbocycles. The third-order valence-corrected chi connectivity index (χ3v) is 3.18. The van der Waals surface area contributed by atoms with Crippen LogP contribution in [0, 0.1) is 0 Å². The molecule has 0 bridgehead atoms. The van der Waals surface area contributed by atoms with Crippen molar-refractivity contribution in [3.63, 3.8) is 0 Å². The van der Waals surface area contributed by atoms with Gasteiger partial charge in [0.05, 0.1) is 12.7 Å². The fourth-order valence-electron chi connectivity index (χ4n) is 2.15. The Balaban J connectivity index is 1.97. The second-order valence-electron chi connectivity index (χ2n) is 4.69. The molecule has 0 radical (unpaired) electrons. The van der Waals surface area contributed by atoms with E-state index in [0.29, 0.717) is 25.7 Å². The lowest BCUT2D eigenvalue weighted by atomic mass is 10.1. The number of nitrogens with one attached hydrogen (secondary N) is 2. The summed E-state index contributed by atoms with van der Waals surface area (Å²) in [6.45, 7) is 2.02. The summed E-state index contributed by atoms with van der Waals surface area (Å²) < 4.78 is 5.79. The van der Waals surface area contributed by atoms with Crippen molar-refractivity contribution in [2.24, 2.45) is 0 Å². The fraction of sp³-hybridized carbons (Fsp3) is 0.923. The smallest absolute Gasteiger partial charge is 0.221 e. The Morgan fingerprint density at radius 1 is 1.18 bits per heavy atom. The van der Waals surface area contributed by atoms with Gasteiger partial charge in [0.15, 0.2) is 0 Å². The molecule has 0 aliphatic heterocycles. The van der Waals surface area contributed by atoms with Gasteiger partial charge in [-0.15, -0.1) is 0 Å². The lowest BCUT2D eigenvalue weighted by molar-refractivity contribution is -0.121. The van der Waals surface area contributed by atoms with Gasteiger partial charge in [-0.2, -0.15) is 0 Å². The van der Waals surface area contributed by atoms with Gasteiger partial charge in [-0.1, -0.05) is 25.7 Å². The van der Waals surface area contributed by atoms with Crippen LogP contribution in [0.15, 0.2) is 0 Å². The minimum absolute atomic E-state index is 0.101. The molecule has 0 saturated heterocycles. The lowest BCUT2D eigenvalue weighted by Gasteiger charge is -2.15. The van der Waals surface area contributed by atoms with Crippen molar-refractivity contribution in [1.29, 1.82) is 0 Å². The largest absolute Gasteiger partial charge is 0.376 e. The second kappa shape index (κ2) is 9.42. The zero-order valence-corrected chi connectivity index (χ0v) is 11.0. The van der Waals surface area contributed by atoms with Crippen molar-refractivity contribution in [1.82, 2.24) is 10.6 Å². The van der Waals surface area contributed by atoms with Crippen LogP contribution in [0.2, 0.25) is 0 Å². The third kappa shape index (κ3) is 7.34. The maximum atomic E-state index is 11.3. The first-order valence-electron chi connectivity index (χ1n) is 6.86. The molecule has 1 saturated carbocycles. The van der Waals surface area contributed by atoms with Gasteiger partial charge in [0.1, 0.15) is 0 Å². The molecule has 0 aromatic rings. The van der Waals surface area contributed by atoms with E-state index < -0.39 is 0 Å². The maximum Gasteiger partial charge on any atom is 0.221 e. The quantitative estimate of drug-likeness (QED) is 0.525. The van der Waals surface area contributed by atoms with Crippen LogP contribution in [0.1, 0.15) is 44.9 Å². The van der Waals surface area contributed by atoms with Crippen LogP contribution in [0.5, 0.6) is 0 Å². The van der Waals surface area contributed by atoms with Gasteiger partial charge in [-0.3, -0.25) is 4.79 Å². The van der Waals surface area contributed by atoms with Gasteiger partial charge in [-0.05, 0) is 19.9 Å². The monoisotopic (exact) mass is 242 g/mol. The van der Waals surface area contributed by atoms with E-state index in [1.54, 1.807) is 0 Å². The van der Waals surface area contributed by atoms with E-state index >= 15 is 0 Å². The molecule has 1 rings (SSSR count). The summed E-state index contributed by atoms with van der Waals surface area (Å²) in [4.78, 5) is 11.3. The summed E-state index contributed by atoms with van der Waals surface area (Å²) in [5, 5.41) is 5.82. The van der Waals surface area contributed by atoms with Crippen molar-refractivity contribution in [2.75, 3.05) is 26.7 Å². The number of rotatable bonds is 7. The highest BCUT2D eigenvalue weighted by Crippen LogP contribution is 2.19. The predicted molar refractivity (Wildman–Crippen MR) is 69.0 cm³/mol. The topological polar surface area (TPSA) is 50.4 Å². The van der Waals surface area contributed by atoms with E-state index in [1.165, 1.54) is 38.5 Å². The molecule has 1 aliphatic rings. The number of carbonyl (C=O) groups is 1. The van der Waals surface area contributed by atoms with Crippen molar-refractivity contribution < 1.29 is 9.53 Å². The summed E-state index contributed by atoms with van der Waals surface area (Å²) in [5.74, 6) is 0.101. The summed E-state index contributed by atoms with van der Waals surface area (Å²) in [6.07, 6.45) is 8.62. The van der Waals surface area contributed by atoms with Crippen LogP contribution >= 0.6 is 0 Å². The van der Waals surface area contributed by atoms with Crippen molar-refractivity contribution in [3.05, 3.63) is 0 Å². The molecular weight excluding hydrogens is 216 g/mol. The zero-order valence-electron chi connectivity index (χ0n) is 11.0. The number of amides is 1. The van der Waals surface area contributed by atoms with Crippen molar-refractivity contribution in [2.45, 2.75) is 51.0 Å². The molecule has 0 heterocycles. The molecule has 0 unspecified atom stereocenters. The number of hydrogen-bond acceptors (Lipinski definition) is 3. The van der Waals surface area contributed by atoms with Gasteiger partial charge in [0, 0.05) is 19.5 Å². The summed E-state index contributed by atoms with van der Waals surface area (Å²) >= 11 is 0. The van der Waals surface area contributed by atoms with Crippen molar-refractivity contribution >= 4 is 5.91 Å². The predicted octanol–water partition coefficient (Wildman–Crippen LogP) is 1.45. The van der Waals surface area contributed by atoms with E-state index in [2.05, 4.69) is 10.6 Å². The molecule has 17 heavy (non-hydrogen) atoms. The Morgan fingerprint density at radius 3 is 2.53 bits per heavy atom. The summed E-state index contributed by atoms with van der Waals surface area (Å²) in [7, 11) is 1.85. The average Bonchev–Trinajstić information content (AvgIpc) is 2.60. The molecule has 0 spiro atoms. The van der Waals surface area contributed by atoms with E-state index in [0.717, 1.165) is 6.54 Å². The lowest BCUT2D eigenvalue weighted by Crippen LogP contribution is -2.30. The number of ether oxygens (including phenoxy) is 1. The highest BCUT2D eigenvalue weighted by molar-refractivity contribution is 5.75. The van der Waals surface area contributed by atoms with Crippen LogP contribution in [-0.2, 0) is 9.53 Å². The maximum absolute atomic E-state index is 11.3. The Kier molecular flexibility index (Phi) is 8.01. The Morgan fingerprint density at radius 2 is 1.88 bits per heavy atom. The van der Waals surface area contributed by atoms with E-state index in [9.17, 15) is 4.79 Å². The van der Waals surface area contributed by atoms with E-state index in [4.69, 9.17) is 4.74 Å². The Bertz CT molecular complexity index is 202. The molecule has 1 amide bonds. The van der Waals surface area contributed by atoms with Gasteiger partial charge in [0.25, 0.3) is 0 Å². The zero-order chi connectivity index (χ0) is 12.3. The van der Waals surface area contributed by atoms with Gasteiger partial charge >= 0.3 is 0 Å². The third-order valence-electron chi connectivity index (χ3n) is 3.18. The summed E-state index contributed by atoms with van der Waals surface area (Å²) in [6, 6.07) is 0. The van der Waals surface area contributed by atoms with Crippen LogP contribution in [0.25, 0.3) is 0 Å². The molecule has 0 atom stereocenters. The molecule has 0 aromatic heterocycles. The van der Waals surface area contributed by atoms with Crippen LogP contribution in [0.4, 0.5) is 0 Å². The van der Waals surface area contributed by atoms with Crippen LogP contribution in [0.3, 0.4) is 0 Å². The highest BCUT2D eigenvalue weighted by atomic mass is 16.5. The minimum atomic E-state index is 0.101. The first-order valence-corrected chi connectivity index (χ1v) is 6.86. The first kappa shape index (κ1) is 14.5. The molecule has 2 N–H and O–H groups in total. The molecule has 4 heteroatoms. The van der Waals surface area contributed by atoms with Gasteiger partial charge in [0.2, 0.25) is 5.91 Å². The minimum Gasteiger partial charge on any atom is -0.376 e. The number of carbonyl (C=O) groups excluding carboxylic acids is 1. The highest BCUT2D eigenvalue weighted by Gasteiger charge is 2.12. The molecule has 1 fully saturated rings. The SMILES string of the molecule is CNCCC(=O)NCCOC1CCCCCC1. The molecular formula is C13H26N2O2.